The van der Waals surface area contributed by atoms with E-state index in [0.29, 0.717) is 18.8 Å². The van der Waals surface area contributed by atoms with Crippen molar-refractivity contribution in [2.75, 3.05) is 26.1 Å². The van der Waals surface area contributed by atoms with Crippen molar-refractivity contribution in [3.05, 3.63) is 59.8 Å². The van der Waals surface area contributed by atoms with Crippen LogP contribution in [0.4, 0.5) is 0 Å². The largest absolute Gasteiger partial charge is 0.379 e. The lowest BCUT2D eigenvalue weighted by Gasteiger charge is -2.31. The number of hydrogen-bond donors (Lipinski definition) is 1. The first-order valence-corrected chi connectivity index (χ1v) is 9.79. The Morgan fingerprint density at radius 1 is 1.31 bits per heavy atom. The van der Waals surface area contributed by atoms with Gasteiger partial charge in [0, 0.05) is 25.7 Å². The van der Waals surface area contributed by atoms with E-state index in [1.165, 1.54) is 5.56 Å². The number of thioether (sulfide) groups is 1. The highest BCUT2D eigenvalue weighted by atomic mass is 32.2. The lowest BCUT2D eigenvalue weighted by molar-refractivity contribution is -0.0479. The predicted octanol–water partition coefficient (Wildman–Crippen LogP) is 2.95. The first-order chi connectivity index (χ1) is 12.8. The normalized spacial score (nSPS) is 19.9. The third-order valence-electron chi connectivity index (χ3n) is 4.41. The lowest BCUT2D eigenvalue weighted by atomic mass is 10.1. The summed E-state index contributed by atoms with van der Waals surface area (Å²) in [5.74, 6) is 0.772. The van der Waals surface area contributed by atoms with Gasteiger partial charge in [-0.05, 0) is 30.5 Å². The average Bonchev–Trinajstić information content (AvgIpc) is 2.69. The third kappa shape index (κ3) is 5.06. The van der Waals surface area contributed by atoms with E-state index in [2.05, 4.69) is 22.4 Å². The molecule has 6 heteroatoms. The van der Waals surface area contributed by atoms with E-state index in [4.69, 9.17) is 9.47 Å². The molecule has 26 heavy (non-hydrogen) atoms. The van der Waals surface area contributed by atoms with E-state index in [1.807, 2.05) is 24.3 Å². The van der Waals surface area contributed by atoms with Crippen LogP contribution in [0.15, 0.2) is 53.7 Å². The standard InChI is InChI=1S/C20H24N2O3S/c1-24-18-14-25-12-9-17(18)22-19(23)16-8-5-11-21-20(16)26-13-10-15-6-3-2-4-7-15/h2-8,11,17-18H,9-10,12-14H2,1H3,(H,22,23). The van der Waals surface area contributed by atoms with Gasteiger partial charge in [-0.25, -0.2) is 4.98 Å². The van der Waals surface area contributed by atoms with Crippen molar-refractivity contribution in [2.24, 2.45) is 0 Å². The summed E-state index contributed by atoms with van der Waals surface area (Å²) in [7, 11) is 1.65. The number of pyridine rings is 1. The quantitative estimate of drug-likeness (QED) is 0.757. The number of carbonyl (C=O) groups is 1. The van der Waals surface area contributed by atoms with Crippen molar-refractivity contribution < 1.29 is 14.3 Å². The van der Waals surface area contributed by atoms with Gasteiger partial charge in [0.15, 0.2) is 0 Å². The molecule has 1 saturated heterocycles. The summed E-state index contributed by atoms with van der Waals surface area (Å²) in [6, 6.07) is 13.9. The molecule has 1 aromatic carbocycles. The number of benzene rings is 1. The maximum atomic E-state index is 12.8. The zero-order valence-electron chi connectivity index (χ0n) is 14.9. The number of hydrogen-bond acceptors (Lipinski definition) is 5. The van der Waals surface area contributed by atoms with Crippen LogP contribution in [0.1, 0.15) is 22.3 Å². The first-order valence-electron chi connectivity index (χ1n) is 8.81. The highest BCUT2D eigenvalue weighted by Gasteiger charge is 2.28. The van der Waals surface area contributed by atoms with E-state index >= 15 is 0 Å². The van der Waals surface area contributed by atoms with E-state index < -0.39 is 0 Å². The Balaban J connectivity index is 1.61. The van der Waals surface area contributed by atoms with Crippen LogP contribution in [0.25, 0.3) is 0 Å². The summed E-state index contributed by atoms with van der Waals surface area (Å²) in [4.78, 5) is 17.2. The summed E-state index contributed by atoms with van der Waals surface area (Å²) in [6.07, 6.45) is 3.31. The van der Waals surface area contributed by atoms with Crippen LogP contribution in [0.2, 0.25) is 0 Å². The van der Waals surface area contributed by atoms with Crippen LogP contribution in [0.3, 0.4) is 0 Å². The molecule has 1 fully saturated rings. The first kappa shape index (κ1) is 18.9. The monoisotopic (exact) mass is 372 g/mol. The maximum absolute atomic E-state index is 12.8. The third-order valence-corrected chi connectivity index (χ3v) is 5.42. The van der Waals surface area contributed by atoms with Crippen molar-refractivity contribution in [1.29, 1.82) is 0 Å². The number of amides is 1. The summed E-state index contributed by atoms with van der Waals surface area (Å²) < 4.78 is 10.8. The zero-order chi connectivity index (χ0) is 18.2. The van der Waals surface area contributed by atoms with Gasteiger partial charge in [0.1, 0.15) is 11.1 Å². The Morgan fingerprint density at radius 3 is 2.96 bits per heavy atom. The molecule has 1 amide bonds. The smallest absolute Gasteiger partial charge is 0.254 e. The summed E-state index contributed by atoms with van der Waals surface area (Å²) in [5.41, 5.74) is 1.90. The van der Waals surface area contributed by atoms with Crippen LogP contribution < -0.4 is 5.32 Å². The minimum atomic E-state index is -0.112. The van der Waals surface area contributed by atoms with Crippen molar-refractivity contribution in [1.82, 2.24) is 10.3 Å². The topological polar surface area (TPSA) is 60.5 Å². The summed E-state index contributed by atoms with van der Waals surface area (Å²) in [6.45, 7) is 1.14. The Kier molecular flexibility index (Phi) is 7.05. The molecule has 1 N–H and O–H groups in total. The highest BCUT2D eigenvalue weighted by Crippen LogP contribution is 2.22. The Hall–Kier alpha value is -1.89. The van der Waals surface area contributed by atoms with Crippen LogP contribution in [-0.4, -0.2) is 49.1 Å². The Morgan fingerprint density at radius 2 is 2.15 bits per heavy atom. The molecule has 2 heterocycles. The molecule has 5 nitrogen and oxygen atoms in total. The summed E-state index contributed by atoms with van der Waals surface area (Å²) in [5, 5.41) is 3.85. The fourth-order valence-electron chi connectivity index (χ4n) is 2.94. The molecule has 1 aromatic heterocycles. The number of nitrogens with zero attached hydrogens (tertiary/aromatic N) is 1. The number of nitrogens with one attached hydrogen (secondary N) is 1. The molecule has 1 aliphatic heterocycles. The Bertz CT molecular complexity index is 711. The molecule has 0 saturated carbocycles. The van der Waals surface area contributed by atoms with Crippen molar-refractivity contribution >= 4 is 17.7 Å². The predicted molar refractivity (Wildman–Crippen MR) is 103 cm³/mol. The van der Waals surface area contributed by atoms with Gasteiger partial charge >= 0.3 is 0 Å². The van der Waals surface area contributed by atoms with Crippen LogP contribution in [-0.2, 0) is 15.9 Å². The SMILES string of the molecule is COC1COCCC1NC(=O)c1cccnc1SCCc1ccccc1. The fourth-order valence-corrected chi connectivity index (χ4v) is 3.93. The lowest BCUT2D eigenvalue weighted by Crippen LogP contribution is -2.49. The molecule has 0 radical (unpaired) electrons. The van der Waals surface area contributed by atoms with Gasteiger partial charge in [-0.15, -0.1) is 11.8 Å². The highest BCUT2D eigenvalue weighted by molar-refractivity contribution is 7.99. The van der Waals surface area contributed by atoms with Crippen molar-refractivity contribution in [3.63, 3.8) is 0 Å². The molecule has 2 unspecified atom stereocenters. The number of ether oxygens (including phenoxy) is 2. The molecular formula is C20H24N2O3S. The van der Waals surface area contributed by atoms with Gasteiger partial charge in [0.25, 0.3) is 5.91 Å². The molecule has 2 aromatic rings. The van der Waals surface area contributed by atoms with Crippen LogP contribution in [0.5, 0.6) is 0 Å². The van der Waals surface area contributed by atoms with Gasteiger partial charge in [-0.1, -0.05) is 30.3 Å². The number of carbonyl (C=O) groups excluding carboxylic acids is 1. The van der Waals surface area contributed by atoms with Crippen LogP contribution in [0, 0.1) is 0 Å². The zero-order valence-corrected chi connectivity index (χ0v) is 15.7. The van der Waals surface area contributed by atoms with E-state index in [0.717, 1.165) is 23.6 Å². The number of rotatable bonds is 7. The molecule has 0 spiro atoms. The minimum Gasteiger partial charge on any atom is -0.379 e. The van der Waals surface area contributed by atoms with E-state index in [1.54, 1.807) is 31.1 Å². The second-order valence-electron chi connectivity index (χ2n) is 6.16. The molecule has 0 aliphatic carbocycles. The van der Waals surface area contributed by atoms with Gasteiger partial charge in [0.05, 0.1) is 18.2 Å². The molecule has 1 aliphatic rings. The second-order valence-corrected chi connectivity index (χ2v) is 7.24. The van der Waals surface area contributed by atoms with Crippen molar-refractivity contribution in [3.8, 4) is 0 Å². The van der Waals surface area contributed by atoms with Gasteiger partial charge in [-0.3, -0.25) is 4.79 Å². The number of aryl methyl sites for hydroxylation is 1. The molecule has 3 rings (SSSR count). The average molecular weight is 372 g/mol. The van der Waals surface area contributed by atoms with Gasteiger partial charge in [-0.2, -0.15) is 0 Å². The fraction of sp³-hybridized carbons (Fsp3) is 0.400. The number of aromatic nitrogens is 1. The van der Waals surface area contributed by atoms with Crippen molar-refractivity contribution in [2.45, 2.75) is 30.0 Å². The Labute approximate surface area is 158 Å². The molecule has 138 valence electrons. The maximum Gasteiger partial charge on any atom is 0.254 e. The van der Waals surface area contributed by atoms with E-state index in [-0.39, 0.29) is 18.1 Å². The second kappa shape index (κ2) is 9.71. The summed E-state index contributed by atoms with van der Waals surface area (Å²) >= 11 is 1.61. The number of methoxy groups -OCH3 is 1. The molecule has 2 atom stereocenters. The molecular weight excluding hydrogens is 348 g/mol. The van der Waals surface area contributed by atoms with E-state index in [9.17, 15) is 4.79 Å². The minimum absolute atomic E-state index is 0.0383. The molecule has 0 bridgehead atoms. The van der Waals surface area contributed by atoms with Gasteiger partial charge < -0.3 is 14.8 Å². The van der Waals surface area contributed by atoms with Gasteiger partial charge in [0.2, 0.25) is 0 Å². The van der Waals surface area contributed by atoms with Crippen LogP contribution >= 0.6 is 11.8 Å².